The molecule has 1 unspecified atom stereocenters. The molecule has 0 aromatic heterocycles. The molecule has 0 aliphatic rings. The Morgan fingerprint density at radius 3 is 1.03 bits per heavy atom. The molecule has 6 nitrogen and oxygen atoms in total. The van der Waals surface area contributed by atoms with E-state index in [-0.39, 0.29) is 37.5 Å². The van der Waals surface area contributed by atoms with E-state index < -0.39 is 6.10 Å². The molecule has 69 heavy (non-hydrogen) atoms. The Morgan fingerprint density at radius 2 is 0.609 bits per heavy atom. The minimum Gasteiger partial charge on any atom is -0.462 e. The maximum absolute atomic E-state index is 12.8. The van der Waals surface area contributed by atoms with Crippen molar-refractivity contribution in [1.82, 2.24) is 0 Å². The van der Waals surface area contributed by atoms with Gasteiger partial charge in [0.05, 0.1) is 0 Å². The molecule has 0 saturated carbocycles. The minimum atomic E-state index is -0.799. The second-order valence-electron chi connectivity index (χ2n) is 19.2. The molecule has 0 aromatic rings. The monoisotopic (exact) mass is 961 g/mol. The zero-order valence-corrected chi connectivity index (χ0v) is 45.3. The lowest BCUT2D eigenvalue weighted by molar-refractivity contribution is -0.167. The van der Waals surface area contributed by atoms with Crippen LogP contribution in [0.15, 0.2) is 85.1 Å². The van der Waals surface area contributed by atoms with Crippen molar-refractivity contribution in [1.29, 1.82) is 0 Å². The van der Waals surface area contributed by atoms with E-state index in [1.807, 2.05) is 0 Å². The molecule has 0 aromatic carbocycles. The number of allylic oxidation sites excluding steroid dienone is 14. The third-order valence-electron chi connectivity index (χ3n) is 12.4. The van der Waals surface area contributed by atoms with E-state index in [4.69, 9.17) is 14.2 Å². The summed E-state index contributed by atoms with van der Waals surface area (Å²) in [7, 11) is 0. The fourth-order valence-electron chi connectivity index (χ4n) is 8.01. The lowest BCUT2D eigenvalue weighted by atomic mass is 10.1. The highest BCUT2D eigenvalue weighted by Gasteiger charge is 2.19. The van der Waals surface area contributed by atoms with Gasteiger partial charge in [0, 0.05) is 19.3 Å². The number of esters is 3. The minimum absolute atomic E-state index is 0.0936. The zero-order chi connectivity index (χ0) is 50.0. The van der Waals surface area contributed by atoms with Crippen LogP contribution in [0.1, 0.15) is 278 Å². The molecular formula is C63H108O6. The van der Waals surface area contributed by atoms with Crippen molar-refractivity contribution in [3.63, 3.8) is 0 Å². The topological polar surface area (TPSA) is 78.9 Å². The van der Waals surface area contributed by atoms with Crippen molar-refractivity contribution in [2.24, 2.45) is 0 Å². The van der Waals surface area contributed by atoms with Crippen LogP contribution in [0.4, 0.5) is 0 Å². The molecule has 0 amide bonds. The maximum Gasteiger partial charge on any atom is 0.306 e. The fraction of sp³-hybridized carbons (Fsp3) is 0.730. The number of unbranched alkanes of at least 4 members (excludes halogenated alkanes) is 28. The van der Waals surface area contributed by atoms with Gasteiger partial charge in [0.1, 0.15) is 13.2 Å². The summed E-state index contributed by atoms with van der Waals surface area (Å²) in [5, 5.41) is 0. The van der Waals surface area contributed by atoms with Crippen molar-refractivity contribution in [2.45, 2.75) is 284 Å². The van der Waals surface area contributed by atoms with Gasteiger partial charge in [-0.05, 0) is 109 Å². The van der Waals surface area contributed by atoms with Crippen LogP contribution in [0, 0.1) is 0 Å². The predicted molar refractivity (Wildman–Crippen MR) is 297 cm³/mol. The maximum atomic E-state index is 12.8. The second-order valence-corrected chi connectivity index (χ2v) is 19.2. The first-order chi connectivity index (χ1) is 34.0. The lowest BCUT2D eigenvalue weighted by Gasteiger charge is -2.18. The van der Waals surface area contributed by atoms with Crippen LogP contribution in [0.3, 0.4) is 0 Å². The summed E-state index contributed by atoms with van der Waals surface area (Å²) >= 11 is 0. The van der Waals surface area contributed by atoms with Gasteiger partial charge in [-0.3, -0.25) is 14.4 Å². The standard InChI is InChI=1S/C63H108O6/c1-4-7-10-13-16-19-22-25-28-31-32-33-36-38-41-44-47-50-53-56-62(65)68-59-60(69-63(66)57-54-51-48-45-42-39-35-30-27-24-21-18-15-12-9-6-3)58-67-61(64)55-52-49-46-43-40-37-34-29-26-23-20-17-14-11-8-5-2/h9,12,16,18-19,21-22,25,27,29-30,34,39,42,60H,4-8,10-11,13-15,17,20,23-24,26,28,31-33,35-38,40-41,43-59H2,1-3H3/b12-9-,19-16-,21-18-,25-22-,30-27-,34-29-,42-39-. The van der Waals surface area contributed by atoms with Crippen molar-refractivity contribution < 1.29 is 28.6 Å². The Labute approximate surface area is 426 Å². The number of carbonyl (C=O) groups is 3. The summed E-state index contributed by atoms with van der Waals surface area (Å²) in [5.74, 6) is -0.930. The molecule has 0 radical (unpaired) electrons. The largest absolute Gasteiger partial charge is 0.462 e. The van der Waals surface area contributed by atoms with Gasteiger partial charge in [0.2, 0.25) is 0 Å². The van der Waals surface area contributed by atoms with Crippen LogP contribution >= 0.6 is 0 Å². The summed E-state index contributed by atoms with van der Waals surface area (Å²) in [6, 6.07) is 0. The van der Waals surface area contributed by atoms with Gasteiger partial charge in [-0.15, -0.1) is 0 Å². The molecular weight excluding hydrogens is 853 g/mol. The average molecular weight is 962 g/mol. The Balaban J connectivity index is 4.43. The highest BCUT2D eigenvalue weighted by molar-refractivity contribution is 5.71. The number of hydrogen-bond donors (Lipinski definition) is 0. The summed E-state index contributed by atoms with van der Waals surface area (Å²) in [6.07, 6.45) is 74.3. The number of rotatable bonds is 52. The molecule has 396 valence electrons. The van der Waals surface area contributed by atoms with Gasteiger partial charge in [-0.25, -0.2) is 0 Å². The first-order valence-electron chi connectivity index (χ1n) is 29.1. The van der Waals surface area contributed by atoms with Gasteiger partial charge in [-0.1, -0.05) is 234 Å². The molecule has 6 heteroatoms. The number of hydrogen-bond acceptors (Lipinski definition) is 6. The van der Waals surface area contributed by atoms with Crippen LogP contribution in [-0.4, -0.2) is 37.2 Å². The zero-order valence-electron chi connectivity index (χ0n) is 45.3. The predicted octanol–water partition coefficient (Wildman–Crippen LogP) is 19.5. The second kappa shape index (κ2) is 57.2. The van der Waals surface area contributed by atoms with Crippen LogP contribution < -0.4 is 0 Å². The Bertz CT molecular complexity index is 1330. The Kier molecular flexibility index (Phi) is 54.3. The van der Waals surface area contributed by atoms with E-state index in [1.165, 1.54) is 141 Å². The van der Waals surface area contributed by atoms with E-state index in [0.717, 1.165) is 96.3 Å². The molecule has 0 rings (SSSR count). The summed E-state index contributed by atoms with van der Waals surface area (Å²) in [6.45, 7) is 6.48. The molecule has 0 N–H and O–H groups in total. The average Bonchev–Trinajstić information content (AvgIpc) is 3.35. The highest BCUT2D eigenvalue weighted by atomic mass is 16.6. The third kappa shape index (κ3) is 55.4. The van der Waals surface area contributed by atoms with Crippen molar-refractivity contribution >= 4 is 17.9 Å². The normalized spacial score (nSPS) is 12.7. The van der Waals surface area contributed by atoms with Gasteiger partial charge in [0.15, 0.2) is 6.10 Å². The van der Waals surface area contributed by atoms with Crippen molar-refractivity contribution in [3.05, 3.63) is 85.1 Å². The van der Waals surface area contributed by atoms with E-state index in [1.54, 1.807) is 0 Å². The smallest absolute Gasteiger partial charge is 0.306 e. The summed E-state index contributed by atoms with van der Waals surface area (Å²) < 4.78 is 16.8. The van der Waals surface area contributed by atoms with Gasteiger partial charge in [-0.2, -0.15) is 0 Å². The molecule has 0 saturated heterocycles. The van der Waals surface area contributed by atoms with Crippen molar-refractivity contribution in [3.8, 4) is 0 Å². The first-order valence-corrected chi connectivity index (χ1v) is 29.1. The molecule has 1 atom stereocenters. The Morgan fingerprint density at radius 1 is 0.319 bits per heavy atom. The van der Waals surface area contributed by atoms with E-state index in [9.17, 15) is 14.4 Å². The van der Waals surface area contributed by atoms with Crippen LogP contribution in [0.2, 0.25) is 0 Å². The third-order valence-corrected chi connectivity index (χ3v) is 12.4. The fourth-order valence-corrected chi connectivity index (χ4v) is 8.01. The van der Waals surface area contributed by atoms with Crippen molar-refractivity contribution in [2.75, 3.05) is 13.2 Å². The number of carbonyl (C=O) groups excluding carboxylic acids is 3. The first kappa shape index (κ1) is 65.6. The van der Waals surface area contributed by atoms with Gasteiger partial charge in [0.25, 0.3) is 0 Å². The SMILES string of the molecule is CC/C=C\C/C=C\C/C=C\C/C=C\CCCCCC(=O)OC(COC(=O)CCCCCCC/C=C\CCCCCCCCC)COC(=O)CCCCCCCCCCCC/C=C\C=C/CCCCC. The van der Waals surface area contributed by atoms with Gasteiger partial charge < -0.3 is 14.2 Å². The molecule has 0 fully saturated rings. The van der Waals surface area contributed by atoms with Crippen LogP contribution in [-0.2, 0) is 28.6 Å². The molecule has 0 heterocycles. The van der Waals surface area contributed by atoms with E-state index >= 15 is 0 Å². The molecule has 0 aliphatic carbocycles. The van der Waals surface area contributed by atoms with Crippen LogP contribution in [0.5, 0.6) is 0 Å². The number of ether oxygens (including phenoxy) is 3. The quantitative estimate of drug-likeness (QED) is 0.0199. The van der Waals surface area contributed by atoms with E-state index in [2.05, 4.69) is 106 Å². The molecule has 0 bridgehead atoms. The molecule has 0 aliphatic heterocycles. The summed E-state index contributed by atoms with van der Waals surface area (Å²) in [5.41, 5.74) is 0. The highest BCUT2D eigenvalue weighted by Crippen LogP contribution is 2.15. The van der Waals surface area contributed by atoms with E-state index in [0.29, 0.717) is 12.8 Å². The lowest BCUT2D eigenvalue weighted by Crippen LogP contribution is -2.30. The van der Waals surface area contributed by atoms with Gasteiger partial charge >= 0.3 is 17.9 Å². The Hall–Kier alpha value is -3.41. The molecule has 0 spiro atoms. The summed E-state index contributed by atoms with van der Waals surface area (Å²) in [4.78, 5) is 38.2. The van der Waals surface area contributed by atoms with Crippen LogP contribution in [0.25, 0.3) is 0 Å².